The first kappa shape index (κ1) is 15.2. The van der Waals surface area contributed by atoms with Gasteiger partial charge in [0.15, 0.2) is 0 Å². The van der Waals surface area contributed by atoms with Crippen molar-refractivity contribution in [2.45, 2.75) is 23.7 Å². The minimum absolute atomic E-state index is 0.179. The lowest BCUT2D eigenvalue weighted by molar-refractivity contribution is 0.0597. The van der Waals surface area contributed by atoms with E-state index in [9.17, 15) is 13.5 Å². The molecule has 2 aromatic carbocycles. The van der Waals surface area contributed by atoms with Gasteiger partial charge < -0.3 is 5.11 Å². The van der Waals surface area contributed by atoms with Crippen LogP contribution in [-0.2, 0) is 19.9 Å². The molecule has 0 amide bonds. The topological polar surface area (TPSA) is 63.6 Å². The van der Waals surface area contributed by atoms with Crippen LogP contribution in [0, 0.1) is 0 Å². The van der Waals surface area contributed by atoms with E-state index in [-0.39, 0.29) is 6.61 Å². The molecular weight excluding hydrogens is 300 g/mol. The Kier molecular flexibility index (Phi) is 4.04. The average molecular weight is 318 g/mol. The van der Waals surface area contributed by atoms with Gasteiger partial charge in [-0.3, -0.25) is 4.18 Å². The summed E-state index contributed by atoms with van der Waals surface area (Å²) in [4.78, 5) is 0. The van der Waals surface area contributed by atoms with Crippen LogP contribution < -0.4 is 0 Å². The minimum Gasteiger partial charge on any atom is -0.379 e. The minimum atomic E-state index is -3.83. The lowest BCUT2D eigenvalue weighted by atomic mass is 9.81. The third-order valence-electron chi connectivity index (χ3n) is 4.10. The second kappa shape index (κ2) is 5.83. The van der Waals surface area contributed by atoms with Gasteiger partial charge in [0.05, 0.1) is 6.61 Å². The van der Waals surface area contributed by atoms with Crippen LogP contribution in [0.2, 0.25) is 0 Å². The molecule has 1 aliphatic heterocycles. The van der Waals surface area contributed by atoms with E-state index in [1.165, 1.54) is 0 Å². The van der Waals surface area contributed by atoms with Gasteiger partial charge in [0.1, 0.15) is 10.9 Å². The van der Waals surface area contributed by atoms with Crippen molar-refractivity contribution in [1.29, 1.82) is 0 Å². The molecule has 1 heterocycles. The summed E-state index contributed by atoms with van der Waals surface area (Å²) in [5.41, 5.74) is -0.512. The van der Waals surface area contributed by atoms with E-state index in [1.54, 1.807) is 48.5 Å². The van der Waals surface area contributed by atoms with E-state index in [1.807, 2.05) is 12.1 Å². The predicted octanol–water partition coefficient (Wildman–Crippen LogP) is 2.43. The van der Waals surface area contributed by atoms with Gasteiger partial charge in [0.2, 0.25) is 0 Å². The highest BCUT2D eigenvalue weighted by atomic mass is 32.2. The molecule has 1 aliphatic rings. The molecule has 1 fully saturated rings. The van der Waals surface area contributed by atoms with E-state index in [4.69, 9.17) is 4.18 Å². The van der Waals surface area contributed by atoms with Gasteiger partial charge in [0.25, 0.3) is 10.1 Å². The van der Waals surface area contributed by atoms with Crippen LogP contribution in [0.3, 0.4) is 0 Å². The molecule has 0 spiro atoms. The van der Waals surface area contributed by atoms with Crippen LogP contribution in [0.25, 0.3) is 0 Å². The second-order valence-corrected chi connectivity index (χ2v) is 7.23. The van der Waals surface area contributed by atoms with E-state index in [0.29, 0.717) is 24.0 Å². The van der Waals surface area contributed by atoms with Crippen molar-refractivity contribution in [2.75, 3.05) is 6.61 Å². The van der Waals surface area contributed by atoms with Crippen LogP contribution in [0.1, 0.15) is 24.0 Å². The summed E-state index contributed by atoms with van der Waals surface area (Å²) < 4.78 is 29.8. The van der Waals surface area contributed by atoms with Gasteiger partial charge in [-0.25, -0.2) is 0 Å². The Morgan fingerprint density at radius 3 is 1.91 bits per heavy atom. The Labute approximate surface area is 130 Å². The Hall–Kier alpha value is -1.69. The first-order chi connectivity index (χ1) is 10.5. The van der Waals surface area contributed by atoms with Crippen molar-refractivity contribution in [3.05, 3.63) is 71.8 Å². The van der Waals surface area contributed by atoms with E-state index >= 15 is 0 Å². The summed E-state index contributed by atoms with van der Waals surface area (Å²) in [6.45, 7) is 0.179. The van der Waals surface area contributed by atoms with Crippen LogP contribution in [-0.4, -0.2) is 25.4 Å². The van der Waals surface area contributed by atoms with E-state index in [0.717, 1.165) is 0 Å². The highest BCUT2D eigenvalue weighted by molar-refractivity contribution is 7.87. The molecule has 0 aromatic heterocycles. The molecule has 2 aromatic rings. The van der Waals surface area contributed by atoms with Crippen molar-refractivity contribution < 1.29 is 17.7 Å². The number of rotatable bonds is 3. The zero-order chi connectivity index (χ0) is 15.6. The molecule has 0 bridgehead atoms. The largest absolute Gasteiger partial charge is 0.379 e. The van der Waals surface area contributed by atoms with Crippen molar-refractivity contribution in [3.8, 4) is 0 Å². The molecule has 4 nitrogen and oxygen atoms in total. The Morgan fingerprint density at radius 2 is 1.45 bits per heavy atom. The molecule has 0 unspecified atom stereocenters. The first-order valence-corrected chi connectivity index (χ1v) is 8.74. The Bertz CT molecular complexity index is 686. The standard InChI is InChI=1S/C17H18O4S/c18-17(14-8-3-1-4-9-14,15-10-5-2-6-11-15)16-12-7-13-21-22(16,19)20/h1-6,8-11,16,18H,7,12-13H2/t16-/m0/s1. The summed E-state index contributed by atoms with van der Waals surface area (Å²) in [5.74, 6) is 0. The molecule has 0 radical (unpaired) electrons. The molecule has 116 valence electrons. The highest BCUT2D eigenvalue weighted by Gasteiger charge is 2.49. The average Bonchev–Trinajstić information content (AvgIpc) is 2.55. The summed E-state index contributed by atoms with van der Waals surface area (Å²) >= 11 is 0. The van der Waals surface area contributed by atoms with Crippen LogP contribution in [0.15, 0.2) is 60.7 Å². The van der Waals surface area contributed by atoms with Crippen LogP contribution >= 0.6 is 0 Å². The molecular formula is C17H18O4S. The van der Waals surface area contributed by atoms with Gasteiger partial charge in [-0.1, -0.05) is 60.7 Å². The maximum absolute atomic E-state index is 12.4. The number of hydrogen-bond donors (Lipinski definition) is 1. The summed E-state index contributed by atoms with van der Waals surface area (Å²) in [6.07, 6.45) is 0.967. The summed E-state index contributed by atoms with van der Waals surface area (Å²) in [6, 6.07) is 17.8. The third kappa shape index (κ3) is 2.56. The van der Waals surface area contributed by atoms with Gasteiger partial charge >= 0.3 is 0 Å². The van der Waals surface area contributed by atoms with Crippen molar-refractivity contribution >= 4 is 10.1 Å². The molecule has 0 aliphatic carbocycles. The first-order valence-electron chi connectivity index (χ1n) is 7.27. The Balaban J connectivity index is 2.20. The van der Waals surface area contributed by atoms with Crippen molar-refractivity contribution in [3.63, 3.8) is 0 Å². The van der Waals surface area contributed by atoms with Crippen molar-refractivity contribution in [1.82, 2.24) is 0 Å². The highest BCUT2D eigenvalue weighted by Crippen LogP contribution is 2.40. The van der Waals surface area contributed by atoms with Gasteiger partial charge in [-0.15, -0.1) is 0 Å². The zero-order valence-electron chi connectivity index (χ0n) is 12.1. The number of hydrogen-bond acceptors (Lipinski definition) is 4. The second-order valence-electron chi connectivity index (χ2n) is 5.44. The number of benzene rings is 2. The maximum Gasteiger partial charge on any atom is 0.273 e. The van der Waals surface area contributed by atoms with Gasteiger partial charge in [0, 0.05) is 0 Å². The molecule has 1 atom stereocenters. The quantitative estimate of drug-likeness (QED) is 0.883. The summed E-state index contributed by atoms with van der Waals surface area (Å²) in [7, 11) is -3.83. The zero-order valence-corrected chi connectivity index (χ0v) is 12.9. The Morgan fingerprint density at radius 1 is 0.955 bits per heavy atom. The van der Waals surface area contributed by atoms with E-state index < -0.39 is 21.0 Å². The normalized spacial score (nSPS) is 21.4. The molecule has 1 saturated heterocycles. The lowest BCUT2D eigenvalue weighted by Crippen LogP contribution is -2.48. The molecule has 5 heteroatoms. The molecule has 22 heavy (non-hydrogen) atoms. The summed E-state index contributed by atoms with van der Waals surface area (Å²) in [5, 5.41) is 10.4. The van der Waals surface area contributed by atoms with Crippen molar-refractivity contribution in [2.24, 2.45) is 0 Å². The third-order valence-corrected chi connectivity index (χ3v) is 5.87. The molecule has 3 rings (SSSR count). The predicted molar refractivity (Wildman–Crippen MR) is 83.8 cm³/mol. The fourth-order valence-corrected chi connectivity index (χ4v) is 4.67. The monoisotopic (exact) mass is 318 g/mol. The SMILES string of the molecule is O=S1(=O)OCCC[C@H]1C(O)(c1ccccc1)c1ccccc1. The van der Waals surface area contributed by atoms with Crippen LogP contribution in [0.4, 0.5) is 0 Å². The lowest BCUT2D eigenvalue weighted by Gasteiger charge is -2.38. The van der Waals surface area contributed by atoms with Gasteiger partial charge in [-0.05, 0) is 24.0 Å². The maximum atomic E-state index is 12.4. The smallest absolute Gasteiger partial charge is 0.273 e. The molecule has 1 N–H and O–H groups in total. The fourth-order valence-electron chi connectivity index (χ4n) is 3.01. The molecule has 0 saturated carbocycles. The fraction of sp³-hybridized carbons (Fsp3) is 0.294. The van der Waals surface area contributed by atoms with Crippen LogP contribution in [0.5, 0.6) is 0 Å². The number of aliphatic hydroxyl groups is 1. The van der Waals surface area contributed by atoms with E-state index in [2.05, 4.69) is 0 Å². The van der Waals surface area contributed by atoms with Gasteiger partial charge in [-0.2, -0.15) is 8.42 Å².